The molecule has 47 nitrogen and oxygen atoms in total. The van der Waals surface area contributed by atoms with Crippen LogP contribution in [0, 0.1) is 102 Å². The molecule has 0 bridgehead atoms. The number of nitrogen functional groups attached to an aromatic ring is 1. The molecular weight excluding hydrogens is 1920 g/mol. The summed E-state index contributed by atoms with van der Waals surface area (Å²) < 4.78 is 202. The summed E-state index contributed by atoms with van der Waals surface area (Å²) in [6.45, 7) is 22.0. The second kappa shape index (κ2) is 62.9. The van der Waals surface area contributed by atoms with Crippen LogP contribution < -0.4 is 64.9 Å². The Morgan fingerprint density at radius 3 is 1.12 bits per heavy atom. The number of carbonyl (C=O) groups excluding carboxylic acids is 2. The van der Waals surface area contributed by atoms with Gasteiger partial charge in [-0.15, -0.1) is 0 Å². The van der Waals surface area contributed by atoms with Gasteiger partial charge in [0.2, 0.25) is 0 Å². The van der Waals surface area contributed by atoms with Gasteiger partial charge in [0.15, 0.2) is 37.3 Å². The first-order valence-electron chi connectivity index (χ1n) is 38.1. The third-order valence-corrected chi connectivity index (χ3v) is 24.6. The fourth-order valence-corrected chi connectivity index (χ4v) is 16.5. The number of halogens is 3. The number of nitro benzene ring substituents is 2. The van der Waals surface area contributed by atoms with Crippen molar-refractivity contribution in [2.24, 2.45) is 0 Å². The van der Waals surface area contributed by atoms with Gasteiger partial charge in [-0.1, -0.05) is 5.16 Å². The molecule has 0 saturated carbocycles. The minimum atomic E-state index is -5.80. The van der Waals surface area contributed by atoms with Crippen molar-refractivity contribution in [3.8, 4) is 65.2 Å². The van der Waals surface area contributed by atoms with Crippen molar-refractivity contribution in [1.82, 2.24) is 5.16 Å². The molecule has 0 aliphatic heterocycles. The van der Waals surface area contributed by atoms with Crippen molar-refractivity contribution in [3.05, 3.63) is 192 Å². The minimum Gasteiger partial charge on any atom is -0.870 e. The smallest absolute Gasteiger partial charge is 0.870 e. The molecule has 0 atom stereocenters. The number of phenolic OH excluding ortho intramolecular Hbond substituents is 1. The van der Waals surface area contributed by atoms with Gasteiger partial charge in [-0.3, -0.25) is 56.8 Å². The topological polar surface area (TPSA) is 718 Å². The summed E-state index contributed by atoms with van der Waals surface area (Å²) in [6, 6.07) is 32.6. The number of rotatable bonds is 42. The molecule has 726 valence electrons. The number of aromatic nitrogens is 1. The molecule has 0 aliphatic carbocycles. The largest absolute Gasteiger partial charge is 1.00 e. The van der Waals surface area contributed by atoms with Crippen molar-refractivity contribution in [1.29, 1.82) is 31.6 Å². The number of nitrogens with two attached hydrogens (primary N) is 1. The third kappa shape index (κ3) is 44.1. The van der Waals surface area contributed by atoms with E-state index in [1.54, 1.807) is 93.5 Å². The Labute approximate surface area is 789 Å². The molecule has 7 rings (SSSR count). The number of phenols is 1. The number of non-ortho nitro benzene ring substituents is 2. The van der Waals surface area contributed by atoms with E-state index < -0.39 is 112 Å². The number of carboxylic acid groups (broad SMARTS) is 1. The van der Waals surface area contributed by atoms with Gasteiger partial charge in [-0.2, -0.15) is 53.2 Å². The Hall–Kier alpha value is -11.5. The molecule has 57 heteroatoms. The van der Waals surface area contributed by atoms with E-state index in [9.17, 15) is 94.7 Å². The van der Waals surface area contributed by atoms with Crippen molar-refractivity contribution < 1.29 is 196 Å². The molecule has 0 radical (unpaired) electrons. The Morgan fingerprint density at radius 1 is 0.500 bits per heavy atom. The second-order valence-corrected chi connectivity index (χ2v) is 35.7. The van der Waals surface area contributed by atoms with E-state index in [4.69, 9.17) is 101 Å². The number of ether oxygens (including phenoxy) is 4. The fraction of sp³-hybridized carbons (Fsp3) is 0.377. The zero-order valence-corrected chi connectivity index (χ0v) is 81.6. The molecule has 2 amide bonds. The number of nitrogens with one attached hydrogen (secondary N) is 2. The number of aliphatic hydroxyl groups excluding tert-OH is 1. The van der Waals surface area contributed by atoms with E-state index in [1.165, 1.54) is 100.0 Å². The maximum absolute atomic E-state index is 12.5. The van der Waals surface area contributed by atoms with Crippen LogP contribution in [0.5, 0.6) is 28.7 Å². The van der Waals surface area contributed by atoms with Crippen LogP contribution in [0.4, 0.5) is 41.6 Å². The molecule has 134 heavy (non-hydrogen) atoms. The number of nitrogens with zero attached hydrogens (tertiary/aromatic N) is 9. The molecular formula is C77H95F3N12NaO35P5S. The first kappa shape index (κ1) is 125. The van der Waals surface area contributed by atoms with Crippen molar-refractivity contribution >= 4 is 94.3 Å². The van der Waals surface area contributed by atoms with Crippen LogP contribution >= 0.6 is 38.0 Å². The standard InChI is InChI=1S/2C17H20N3O6P.C12H15N2O6P.C12H17N2O4P.C7H4N2O3.C6H12F3O6PS.C6H6O3.Na.H2O/c1-4-24-27(22,25-5-2)11-23-16-8-14(7-6-13(16)9-18)20-17(21)15-10-19-26-12(15)3;1-4-25-27(23,26-5-2)11-24-16-8-14(7-6-13(16)9-18)20-17(22)15(10-19)12(3)21;1-3-19-21(17,20-4-2)9-18-12-7-11(14(15)16)6-5-10(12)8-13;1-3-17-19(15,18-4-2)9-16-12-7-11(14)6-5-10(12)8-13;8-4-5-1-2-6(9(11)12)3-7(5)10;1-3-13-16(10,14-4-2)5-15-17(11,12)6(7,8)9;1-4-5(6(7)8)2-3-9-4;;/h6-8,10H,4-5,11H2,1-3H3,(H,20,21);6-8,21H,4-5,11H2,1-3H3,(H,20,22);5-7H,3-4,9H2,1-2H3;5-7H,3-4,9,14H2,1-2H3;1-3,10H;3-5H2,1-2H3;2-3H,1H3,(H,7,8);;1H2/q;;;;;;;+1;/p-1/b;15-12+;;;;;;;. The van der Waals surface area contributed by atoms with Crippen molar-refractivity contribution in [2.45, 2.75) is 95.5 Å². The average molecular weight is 2020 g/mol. The Morgan fingerprint density at radius 2 is 0.828 bits per heavy atom. The number of carboxylic acids is 1. The summed E-state index contributed by atoms with van der Waals surface area (Å²) in [5, 5.41) is 110. The van der Waals surface area contributed by atoms with Gasteiger partial charge in [-0.05, 0) is 145 Å². The van der Waals surface area contributed by atoms with Crippen LogP contribution in [0.15, 0.2) is 130 Å². The zero-order valence-electron chi connectivity index (χ0n) is 74.3. The molecule has 2 aromatic heterocycles. The maximum atomic E-state index is 12.5. The molecule has 0 saturated heterocycles. The summed E-state index contributed by atoms with van der Waals surface area (Å²) in [5.41, 5.74) is 1.51. The van der Waals surface area contributed by atoms with Crippen LogP contribution in [-0.4, -0.2) is 165 Å². The van der Waals surface area contributed by atoms with Crippen LogP contribution in [0.2, 0.25) is 0 Å². The Balaban J connectivity index is 0. The molecule has 2 heterocycles. The molecule has 8 N–H and O–H groups in total. The van der Waals surface area contributed by atoms with Crippen LogP contribution in [-0.2, 0) is 87.2 Å². The van der Waals surface area contributed by atoms with Gasteiger partial charge in [0.1, 0.15) is 93.6 Å². The monoisotopic (exact) mass is 2010 g/mol. The number of anilines is 3. The van der Waals surface area contributed by atoms with Gasteiger partial charge in [0.05, 0.1) is 128 Å². The number of hydrogen-bond donors (Lipinski definition) is 6. The number of allylic oxidation sites excluding steroid dienone is 1. The summed E-state index contributed by atoms with van der Waals surface area (Å²) in [7, 11) is -23.5. The molecule has 5 aromatic carbocycles. The number of aliphatic hydroxyl groups is 1. The van der Waals surface area contributed by atoms with E-state index in [0.29, 0.717) is 34.0 Å². The van der Waals surface area contributed by atoms with Crippen LogP contribution in [0.3, 0.4) is 0 Å². The summed E-state index contributed by atoms with van der Waals surface area (Å²) in [6.07, 6.45) is -0.0931. The van der Waals surface area contributed by atoms with Gasteiger partial charge < -0.3 is 110 Å². The zero-order chi connectivity index (χ0) is 100. The van der Waals surface area contributed by atoms with E-state index in [1.807, 2.05) is 24.3 Å². The fourth-order valence-electron chi connectivity index (χ4n) is 9.07. The third-order valence-electron chi connectivity index (χ3n) is 14.7. The number of furan rings is 1. The molecule has 7 aromatic rings. The predicted octanol–water partition coefficient (Wildman–Crippen LogP) is 14.3. The number of aromatic hydroxyl groups is 1. The quantitative estimate of drug-likeness (QED) is 0.00198. The van der Waals surface area contributed by atoms with E-state index in [-0.39, 0.29) is 187 Å². The molecule has 0 unspecified atom stereocenters. The normalized spacial score (nSPS) is 11.1. The SMILES string of the molecule is CCOP(=O)(COS(=O)(=O)C(F)(F)F)OCC.CCOP(=O)(COc1cc(N)ccc1C#N)OCC.CCOP(=O)(COc1cc(NC(=O)/C(C#N)=C(\C)O)ccc1C#N)OCC.CCOP(=O)(COc1cc(NC(=O)c2cnoc2C)ccc1C#N)OCC.CCOP(=O)(COc1cc([N+](=O)[O-])ccc1C#N)OCC.Cc1occc1C(=O)O.N#Cc1ccc([N+](=O)[O-])cc1O.[Na+].[OH-]. The number of hydrogen-bond acceptors (Lipinski definition) is 42. The second-order valence-electron chi connectivity index (χ2n) is 24.1. The first-order valence-corrected chi connectivity index (χ1v) is 48.1. The minimum absolute atomic E-state index is 0. The van der Waals surface area contributed by atoms with Gasteiger partial charge in [0, 0.05) is 47.4 Å². The Kier molecular flexibility index (Phi) is 58.4. The van der Waals surface area contributed by atoms with Crippen molar-refractivity contribution in [2.75, 3.05) is 114 Å². The molecule has 0 fully saturated rings. The molecule has 0 spiro atoms. The van der Waals surface area contributed by atoms with Gasteiger partial charge in [-0.25, -0.2) is 4.79 Å². The number of aromatic carboxylic acids is 1. The molecule has 0 aliphatic rings. The van der Waals surface area contributed by atoms with E-state index in [0.717, 1.165) is 18.2 Å². The summed E-state index contributed by atoms with van der Waals surface area (Å²) in [5.74, 6) is -1.71. The van der Waals surface area contributed by atoms with E-state index in [2.05, 4.69) is 29.0 Å². The van der Waals surface area contributed by atoms with Crippen LogP contribution in [0.25, 0.3) is 0 Å². The maximum Gasteiger partial charge on any atom is 1.00 e. The average Bonchev–Trinajstić information content (AvgIpc) is 0.840. The number of carbonyl (C=O) groups is 3. The Bertz CT molecular complexity index is 5660. The van der Waals surface area contributed by atoms with E-state index >= 15 is 0 Å². The summed E-state index contributed by atoms with van der Waals surface area (Å²) in [4.78, 5) is 54.1. The predicted molar refractivity (Wildman–Crippen MR) is 463 cm³/mol. The summed E-state index contributed by atoms with van der Waals surface area (Å²) >= 11 is 0. The van der Waals surface area contributed by atoms with Crippen molar-refractivity contribution in [3.63, 3.8) is 0 Å². The van der Waals surface area contributed by atoms with Gasteiger partial charge >= 0.3 is 89.1 Å². The number of nitriles is 6. The number of benzene rings is 5. The number of aryl methyl sites for hydroxylation is 2. The number of amides is 2. The first-order chi connectivity index (χ1) is 62.2. The van der Waals surface area contributed by atoms with Gasteiger partial charge in [0.25, 0.3) is 23.2 Å². The van der Waals surface area contributed by atoms with Crippen LogP contribution in [0.1, 0.15) is 136 Å². The number of nitro groups is 2. The number of alkyl halides is 3.